The first-order valence-electron chi connectivity index (χ1n) is 14.0. The van der Waals surface area contributed by atoms with Gasteiger partial charge < -0.3 is 13.9 Å². The maximum absolute atomic E-state index is 13.9. The lowest BCUT2D eigenvalue weighted by molar-refractivity contribution is -0.384. The molecule has 10 nitrogen and oxygen atoms in total. The van der Waals surface area contributed by atoms with Gasteiger partial charge in [-0.25, -0.2) is 4.98 Å². The number of hydrogen-bond acceptors (Lipinski definition) is 8. The molecule has 0 saturated carbocycles. The van der Waals surface area contributed by atoms with Gasteiger partial charge in [0.2, 0.25) is 5.82 Å². The first kappa shape index (κ1) is 27.5. The standard InChI is InChI=1S/C35H24N4O6/c1-43-30-14-7-15-32-27(30)19-33(45-32)34-37-29-13-5-4-12-26(29)35(40)38(34)36-20-28-25-11-3-2-9-23(25)16-17-31(28)44-21-22-8-6-10-24(18-22)39(41)42/h2-20H,21H2,1H3. The topological polar surface area (TPSA) is 122 Å². The maximum Gasteiger partial charge on any atom is 0.282 e. The van der Waals surface area contributed by atoms with Gasteiger partial charge in [0.15, 0.2) is 5.76 Å². The molecule has 0 amide bonds. The second-order valence-corrected chi connectivity index (χ2v) is 10.2. The van der Waals surface area contributed by atoms with E-state index in [1.165, 1.54) is 16.8 Å². The summed E-state index contributed by atoms with van der Waals surface area (Å²) in [7, 11) is 1.58. The SMILES string of the molecule is COc1cccc2oc(-c3nc4ccccc4c(=O)n3N=Cc3c(OCc4cccc([N+](=O)[O-])c4)ccc4ccccc34)cc12. The number of nitrogens with zero attached hydrogens (tertiary/aromatic N) is 4. The Bertz CT molecular complexity index is 2340. The van der Waals surface area contributed by atoms with Gasteiger partial charge in [-0.2, -0.15) is 9.78 Å². The van der Waals surface area contributed by atoms with Crippen molar-refractivity contribution in [1.82, 2.24) is 9.66 Å². The predicted molar refractivity (Wildman–Crippen MR) is 172 cm³/mol. The molecule has 0 atom stereocenters. The summed E-state index contributed by atoms with van der Waals surface area (Å²) in [6.45, 7) is 0.0877. The summed E-state index contributed by atoms with van der Waals surface area (Å²) in [5.41, 5.74) is 1.94. The quantitative estimate of drug-likeness (QED) is 0.102. The number of benzene rings is 5. The highest BCUT2D eigenvalue weighted by Gasteiger charge is 2.18. The molecule has 0 aliphatic rings. The third kappa shape index (κ3) is 5.14. The van der Waals surface area contributed by atoms with Gasteiger partial charge in [-0.3, -0.25) is 14.9 Å². The van der Waals surface area contributed by atoms with E-state index >= 15 is 0 Å². The number of rotatable bonds is 8. The molecule has 0 saturated heterocycles. The van der Waals surface area contributed by atoms with Crippen molar-refractivity contribution in [3.05, 3.63) is 141 Å². The molecule has 0 spiro atoms. The van der Waals surface area contributed by atoms with Gasteiger partial charge in [-0.05, 0) is 52.7 Å². The minimum absolute atomic E-state index is 0.0182. The van der Waals surface area contributed by atoms with Gasteiger partial charge in [-0.15, -0.1) is 0 Å². The van der Waals surface area contributed by atoms with E-state index in [4.69, 9.17) is 18.9 Å². The molecule has 0 bridgehead atoms. The van der Waals surface area contributed by atoms with Crippen molar-refractivity contribution in [2.24, 2.45) is 5.10 Å². The molecule has 7 aromatic rings. The Kier molecular flexibility index (Phi) is 6.99. The Labute approximate surface area is 255 Å². The van der Waals surface area contributed by atoms with Crippen LogP contribution in [0.2, 0.25) is 0 Å². The molecule has 0 radical (unpaired) electrons. The average molecular weight is 597 g/mol. The van der Waals surface area contributed by atoms with E-state index in [1.54, 1.807) is 49.7 Å². The normalized spacial score (nSPS) is 11.5. The second-order valence-electron chi connectivity index (χ2n) is 10.2. The largest absolute Gasteiger partial charge is 0.496 e. The van der Waals surface area contributed by atoms with Crippen LogP contribution < -0.4 is 15.0 Å². The van der Waals surface area contributed by atoms with Crippen LogP contribution in [0.3, 0.4) is 0 Å². The molecule has 0 fully saturated rings. The number of aromatic nitrogens is 2. The molecule has 2 aromatic heterocycles. The fourth-order valence-corrected chi connectivity index (χ4v) is 5.28. The fourth-order valence-electron chi connectivity index (χ4n) is 5.28. The highest BCUT2D eigenvalue weighted by atomic mass is 16.6. The summed E-state index contributed by atoms with van der Waals surface area (Å²) in [5, 5.41) is 18.9. The lowest BCUT2D eigenvalue weighted by atomic mass is 10.0. The lowest BCUT2D eigenvalue weighted by Crippen LogP contribution is -2.20. The molecule has 0 aliphatic carbocycles. The van der Waals surface area contributed by atoms with E-state index in [0.717, 1.165) is 16.2 Å². The van der Waals surface area contributed by atoms with Crippen LogP contribution in [0.25, 0.3) is 44.2 Å². The summed E-state index contributed by atoms with van der Waals surface area (Å²) in [5.74, 6) is 1.67. The number of nitro groups is 1. The van der Waals surface area contributed by atoms with Crippen molar-refractivity contribution in [3.8, 4) is 23.1 Å². The maximum atomic E-state index is 13.9. The lowest BCUT2D eigenvalue weighted by Gasteiger charge is -2.12. The molecule has 0 N–H and O–H groups in total. The monoisotopic (exact) mass is 596 g/mol. The minimum Gasteiger partial charge on any atom is -0.496 e. The van der Waals surface area contributed by atoms with Crippen molar-refractivity contribution in [3.63, 3.8) is 0 Å². The summed E-state index contributed by atoms with van der Waals surface area (Å²) < 4.78 is 19.1. The van der Waals surface area contributed by atoms with Gasteiger partial charge in [0.25, 0.3) is 11.2 Å². The first-order chi connectivity index (χ1) is 22.0. The molecule has 45 heavy (non-hydrogen) atoms. The van der Waals surface area contributed by atoms with Crippen molar-refractivity contribution in [1.29, 1.82) is 0 Å². The van der Waals surface area contributed by atoms with Crippen LogP contribution in [0, 0.1) is 10.1 Å². The zero-order valence-corrected chi connectivity index (χ0v) is 23.9. The highest BCUT2D eigenvalue weighted by molar-refractivity contribution is 6.02. The zero-order valence-electron chi connectivity index (χ0n) is 23.9. The minimum atomic E-state index is -0.442. The average Bonchev–Trinajstić information content (AvgIpc) is 3.52. The van der Waals surface area contributed by atoms with Crippen LogP contribution in [0.4, 0.5) is 5.69 Å². The van der Waals surface area contributed by atoms with Gasteiger partial charge in [0.05, 0.1) is 34.5 Å². The Morgan fingerprint density at radius 3 is 2.53 bits per heavy atom. The third-order valence-electron chi connectivity index (χ3n) is 7.46. The number of methoxy groups -OCH3 is 1. The summed E-state index contributed by atoms with van der Waals surface area (Å²) in [6.07, 6.45) is 1.57. The number of furan rings is 1. The molecule has 0 unspecified atom stereocenters. The predicted octanol–water partition coefficient (Wildman–Crippen LogP) is 7.34. The molecule has 2 heterocycles. The van der Waals surface area contributed by atoms with Crippen molar-refractivity contribution in [2.75, 3.05) is 7.11 Å². The van der Waals surface area contributed by atoms with E-state index in [-0.39, 0.29) is 23.7 Å². The van der Waals surface area contributed by atoms with Crippen LogP contribution in [0.1, 0.15) is 11.1 Å². The number of fused-ring (bicyclic) bond motifs is 3. The van der Waals surface area contributed by atoms with Crippen molar-refractivity contribution in [2.45, 2.75) is 6.61 Å². The van der Waals surface area contributed by atoms with E-state index in [1.807, 2.05) is 60.7 Å². The van der Waals surface area contributed by atoms with E-state index < -0.39 is 4.92 Å². The molecular weight excluding hydrogens is 572 g/mol. The summed E-state index contributed by atoms with van der Waals surface area (Å²) >= 11 is 0. The molecule has 0 aliphatic heterocycles. The smallest absolute Gasteiger partial charge is 0.282 e. The Balaban J connectivity index is 1.37. The van der Waals surface area contributed by atoms with E-state index in [9.17, 15) is 14.9 Å². The number of para-hydroxylation sites is 1. The molecule has 220 valence electrons. The molecular formula is C35H24N4O6. The van der Waals surface area contributed by atoms with Crippen molar-refractivity contribution >= 4 is 44.5 Å². The van der Waals surface area contributed by atoms with Gasteiger partial charge in [-0.1, -0.05) is 60.7 Å². The van der Waals surface area contributed by atoms with Gasteiger partial charge in [0, 0.05) is 17.7 Å². The van der Waals surface area contributed by atoms with Crippen LogP contribution >= 0.6 is 0 Å². The molecule has 10 heteroatoms. The number of ether oxygens (including phenoxy) is 2. The van der Waals surface area contributed by atoms with Crippen LogP contribution in [-0.4, -0.2) is 27.9 Å². The number of nitro benzene ring substituents is 1. The van der Waals surface area contributed by atoms with Gasteiger partial charge in [0.1, 0.15) is 23.7 Å². The van der Waals surface area contributed by atoms with Crippen LogP contribution in [0.5, 0.6) is 11.5 Å². The number of non-ortho nitro benzene ring substituents is 1. The molecule has 7 rings (SSSR count). The Morgan fingerprint density at radius 1 is 0.889 bits per heavy atom. The van der Waals surface area contributed by atoms with Crippen molar-refractivity contribution < 1.29 is 18.8 Å². The second kappa shape index (κ2) is 11.4. The Hall–Kier alpha value is -6.29. The highest BCUT2D eigenvalue weighted by Crippen LogP contribution is 2.33. The van der Waals surface area contributed by atoms with E-state index in [0.29, 0.717) is 44.9 Å². The van der Waals surface area contributed by atoms with Gasteiger partial charge >= 0.3 is 0 Å². The molecule has 5 aromatic carbocycles. The van der Waals surface area contributed by atoms with E-state index in [2.05, 4.69) is 5.10 Å². The third-order valence-corrected chi connectivity index (χ3v) is 7.46. The fraction of sp³-hybridized carbons (Fsp3) is 0.0571. The summed E-state index contributed by atoms with van der Waals surface area (Å²) in [6, 6.07) is 32.1. The van der Waals surface area contributed by atoms with Crippen LogP contribution in [-0.2, 0) is 6.61 Å². The zero-order chi connectivity index (χ0) is 30.9. The Morgan fingerprint density at radius 2 is 1.69 bits per heavy atom. The summed E-state index contributed by atoms with van der Waals surface area (Å²) in [4.78, 5) is 29.5. The first-order valence-corrected chi connectivity index (χ1v) is 14.0. The van der Waals surface area contributed by atoms with Crippen LogP contribution in [0.15, 0.2) is 124 Å². The number of hydrogen-bond donors (Lipinski definition) is 0.